The molecule has 2 heteroatoms. The van der Waals surface area contributed by atoms with Gasteiger partial charge < -0.3 is 0 Å². The Morgan fingerprint density at radius 1 is 1.33 bits per heavy atom. The van der Waals surface area contributed by atoms with Crippen LogP contribution in [-0.4, -0.2) is 0 Å². The summed E-state index contributed by atoms with van der Waals surface area (Å²) in [5.74, 6) is 0.367. The van der Waals surface area contributed by atoms with Gasteiger partial charge in [0.15, 0.2) is 0 Å². The van der Waals surface area contributed by atoms with Crippen molar-refractivity contribution in [2.24, 2.45) is 5.92 Å². The molecule has 0 bridgehead atoms. The molecule has 0 saturated heterocycles. The van der Waals surface area contributed by atoms with E-state index in [1.807, 2.05) is 12.2 Å². The number of thiol groups is 2. The molecule has 0 atom stereocenters. The van der Waals surface area contributed by atoms with Crippen molar-refractivity contribution >= 4 is 25.3 Å². The van der Waals surface area contributed by atoms with Crippen molar-refractivity contribution in [3.8, 4) is 0 Å². The van der Waals surface area contributed by atoms with Crippen molar-refractivity contribution in [1.82, 2.24) is 0 Å². The smallest absolute Gasteiger partial charge is 0.0267 e. The van der Waals surface area contributed by atoms with Gasteiger partial charge in [-0.1, -0.05) is 24.3 Å². The van der Waals surface area contributed by atoms with E-state index < -0.39 is 0 Å². The zero-order valence-electron chi connectivity index (χ0n) is 4.86. The molecule has 0 spiro atoms. The van der Waals surface area contributed by atoms with E-state index in [1.54, 1.807) is 5.41 Å². The molecule has 0 saturated carbocycles. The maximum atomic E-state index is 4.21. The second kappa shape index (κ2) is 3.18. The summed E-state index contributed by atoms with van der Waals surface area (Å²) in [5, 5.41) is 1.72. The summed E-state index contributed by atoms with van der Waals surface area (Å²) >= 11 is 8.19. The first-order valence-corrected chi connectivity index (χ1v) is 3.69. The van der Waals surface area contributed by atoms with Crippen LogP contribution < -0.4 is 0 Å². The molecule has 0 heterocycles. The van der Waals surface area contributed by atoms with Gasteiger partial charge >= 0.3 is 0 Å². The van der Waals surface area contributed by atoms with Crippen LogP contribution >= 0.6 is 25.3 Å². The average Bonchev–Trinajstić information content (AvgIpc) is 2.37. The summed E-state index contributed by atoms with van der Waals surface area (Å²) in [6, 6.07) is 0. The lowest BCUT2D eigenvalue weighted by Gasteiger charge is -2.00. The molecule has 1 aliphatic rings. The van der Waals surface area contributed by atoms with Gasteiger partial charge in [-0.15, -0.1) is 12.6 Å². The van der Waals surface area contributed by atoms with Crippen LogP contribution in [0.4, 0.5) is 0 Å². The molecule has 0 N–H and O–H groups in total. The standard InChI is InChI=1S/C7H8S2/c8-5-7(9)6-3-1-2-4-6/h1-6,8-9H/b7-5-. The van der Waals surface area contributed by atoms with Crippen LogP contribution in [0.1, 0.15) is 0 Å². The zero-order chi connectivity index (χ0) is 6.69. The van der Waals surface area contributed by atoms with E-state index in [4.69, 9.17) is 0 Å². The molecule has 0 aromatic rings. The molecular formula is C7H8S2. The minimum absolute atomic E-state index is 0.367. The van der Waals surface area contributed by atoms with Crippen LogP contribution in [0.25, 0.3) is 0 Å². The maximum absolute atomic E-state index is 4.21. The lowest BCUT2D eigenvalue weighted by molar-refractivity contribution is 1.08. The lowest BCUT2D eigenvalue weighted by atomic mass is 10.2. The van der Waals surface area contributed by atoms with E-state index >= 15 is 0 Å². The van der Waals surface area contributed by atoms with E-state index in [9.17, 15) is 0 Å². The first-order chi connectivity index (χ1) is 4.34. The highest BCUT2D eigenvalue weighted by Crippen LogP contribution is 2.21. The molecule has 0 nitrogen and oxygen atoms in total. The average molecular weight is 156 g/mol. The Morgan fingerprint density at radius 3 is 2.33 bits per heavy atom. The summed E-state index contributed by atoms with van der Waals surface area (Å²) in [4.78, 5) is 0.989. The van der Waals surface area contributed by atoms with Crippen LogP contribution in [0.5, 0.6) is 0 Å². The third kappa shape index (κ3) is 1.66. The van der Waals surface area contributed by atoms with E-state index in [2.05, 4.69) is 37.4 Å². The van der Waals surface area contributed by atoms with Crippen molar-refractivity contribution < 1.29 is 0 Å². The second-order valence-corrected chi connectivity index (χ2v) is 2.62. The number of allylic oxidation sites excluding steroid dienone is 5. The summed E-state index contributed by atoms with van der Waals surface area (Å²) in [6.07, 6.45) is 8.18. The molecule has 0 aromatic heterocycles. The predicted octanol–water partition coefficient (Wildman–Crippen LogP) is 2.43. The van der Waals surface area contributed by atoms with Crippen molar-refractivity contribution in [2.75, 3.05) is 0 Å². The van der Waals surface area contributed by atoms with Crippen molar-refractivity contribution in [1.29, 1.82) is 0 Å². The maximum Gasteiger partial charge on any atom is 0.0267 e. The fraction of sp³-hybridized carbons (Fsp3) is 0.143. The largest absolute Gasteiger partial charge is 0.151 e. The number of rotatable bonds is 1. The fourth-order valence-electron chi connectivity index (χ4n) is 0.715. The minimum Gasteiger partial charge on any atom is -0.151 e. The molecule has 0 aromatic carbocycles. The number of hydrogen-bond donors (Lipinski definition) is 2. The van der Waals surface area contributed by atoms with Crippen LogP contribution in [0.3, 0.4) is 0 Å². The topological polar surface area (TPSA) is 0 Å². The molecule has 0 radical (unpaired) electrons. The normalized spacial score (nSPS) is 19.6. The SMILES string of the molecule is S/C=C(\S)C1C=CC=C1. The highest BCUT2D eigenvalue weighted by atomic mass is 32.1. The van der Waals surface area contributed by atoms with Gasteiger partial charge in [-0.3, -0.25) is 0 Å². The Labute approximate surface area is 66.2 Å². The van der Waals surface area contributed by atoms with Crippen LogP contribution in [0.15, 0.2) is 34.6 Å². The highest BCUT2D eigenvalue weighted by Gasteiger charge is 2.04. The first kappa shape index (κ1) is 7.03. The summed E-state index contributed by atoms with van der Waals surface area (Å²) in [5.41, 5.74) is 0. The summed E-state index contributed by atoms with van der Waals surface area (Å²) in [6.45, 7) is 0. The van der Waals surface area contributed by atoms with Gasteiger partial charge in [-0.05, 0) is 10.3 Å². The van der Waals surface area contributed by atoms with Gasteiger partial charge in [0, 0.05) is 5.92 Å². The molecule has 0 unspecified atom stereocenters. The Bertz CT molecular complexity index is 165. The Hall–Kier alpha value is -0.0800. The molecule has 1 aliphatic carbocycles. The van der Waals surface area contributed by atoms with Gasteiger partial charge in [0.2, 0.25) is 0 Å². The van der Waals surface area contributed by atoms with Crippen LogP contribution in [0, 0.1) is 5.92 Å². The molecule has 1 rings (SSSR count). The van der Waals surface area contributed by atoms with Gasteiger partial charge in [0.1, 0.15) is 0 Å². The predicted molar refractivity (Wildman–Crippen MR) is 47.8 cm³/mol. The molecule has 48 valence electrons. The van der Waals surface area contributed by atoms with E-state index in [-0.39, 0.29) is 0 Å². The van der Waals surface area contributed by atoms with Crippen LogP contribution in [0.2, 0.25) is 0 Å². The van der Waals surface area contributed by atoms with Crippen molar-refractivity contribution in [2.45, 2.75) is 0 Å². The highest BCUT2D eigenvalue weighted by molar-refractivity contribution is 7.87. The molecule has 0 aliphatic heterocycles. The monoisotopic (exact) mass is 156 g/mol. The Balaban J connectivity index is 2.64. The van der Waals surface area contributed by atoms with E-state index in [1.165, 1.54) is 0 Å². The van der Waals surface area contributed by atoms with Gasteiger partial charge in [0.05, 0.1) is 0 Å². The van der Waals surface area contributed by atoms with E-state index in [0.717, 1.165) is 4.91 Å². The number of hydrogen-bond acceptors (Lipinski definition) is 2. The lowest BCUT2D eigenvalue weighted by Crippen LogP contribution is -1.85. The molecular weight excluding hydrogens is 148 g/mol. The quantitative estimate of drug-likeness (QED) is 0.535. The molecule has 0 amide bonds. The molecule has 0 fully saturated rings. The fourth-order valence-corrected chi connectivity index (χ4v) is 1.06. The third-order valence-electron chi connectivity index (χ3n) is 1.22. The van der Waals surface area contributed by atoms with Crippen molar-refractivity contribution in [3.63, 3.8) is 0 Å². The van der Waals surface area contributed by atoms with Gasteiger partial charge in [0.25, 0.3) is 0 Å². The first-order valence-electron chi connectivity index (χ1n) is 2.73. The van der Waals surface area contributed by atoms with Crippen molar-refractivity contribution in [3.05, 3.63) is 34.6 Å². The van der Waals surface area contributed by atoms with Gasteiger partial charge in [-0.2, -0.15) is 12.6 Å². The summed E-state index contributed by atoms with van der Waals surface area (Å²) < 4.78 is 0. The zero-order valence-corrected chi connectivity index (χ0v) is 6.65. The van der Waals surface area contributed by atoms with E-state index in [0.29, 0.717) is 5.92 Å². The Morgan fingerprint density at radius 2 is 1.89 bits per heavy atom. The minimum atomic E-state index is 0.367. The van der Waals surface area contributed by atoms with Crippen LogP contribution in [-0.2, 0) is 0 Å². The van der Waals surface area contributed by atoms with Gasteiger partial charge in [-0.25, -0.2) is 0 Å². The second-order valence-electron chi connectivity index (χ2n) is 1.85. The third-order valence-corrected chi connectivity index (χ3v) is 2.13. The summed E-state index contributed by atoms with van der Waals surface area (Å²) in [7, 11) is 0. The molecule has 9 heavy (non-hydrogen) atoms. The Kier molecular flexibility index (Phi) is 2.49.